The number of ether oxygens (including phenoxy) is 2. The number of fused-ring (bicyclic) bond motifs is 1. The van der Waals surface area contributed by atoms with Crippen LogP contribution in [0.3, 0.4) is 0 Å². The number of nitrogens with one attached hydrogen (secondary N) is 2. The Kier molecular flexibility index (Phi) is 7.79. The van der Waals surface area contributed by atoms with Crippen molar-refractivity contribution in [3.8, 4) is 17.2 Å². The van der Waals surface area contributed by atoms with Crippen LogP contribution < -0.4 is 20.1 Å². The van der Waals surface area contributed by atoms with E-state index in [2.05, 4.69) is 15.7 Å². The van der Waals surface area contributed by atoms with E-state index < -0.39 is 0 Å². The van der Waals surface area contributed by atoms with Crippen LogP contribution in [0.25, 0.3) is 16.6 Å². The van der Waals surface area contributed by atoms with E-state index in [0.717, 1.165) is 27.9 Å². The second-order valence-corrected chi connectivity index (χ2v) is 8.29. The molecule has 0 aliphatic carbocycles. The van der Waals surface area contributed by atoms with Gasteiger partial charge in [-0.25, -0.2) is 9.07 Å². The maximum Gasteiger partial charge on any atom is 0.239 e. The minimum absolute atomic E-state index is 0.113. The highest BCUT2D eigenvalue weighted by Gasteiger charge is 2.16. The summed E-state index contributed by atoms with van der Waals surface area (Å²) in [4.78, 5) is 23.5. The van der Waals surface area contributed by atoms with Crippen LogP contribution in [0, 0.1) is 5.82 Å². The van der Waals surface area contributed by atoms with E-state index in [1.807, 2.05) is 42.5 Å². The van der Waals surface area contributed by atoms with Gasteiger partial charge in [0, 0.05) is 12.3 Å². The molecule has 186 valence electrons. The van der Waals surface area contributed by atoms with E-state index in [4.69, 9.17) is 9.47 Å². The van der Waals surface area contributed by atoms with Gasteiger partial charge >= 0.3 is 0 Å². The van der Waals surface area contributed by atoms with Crippen molar-refractivity contribution in [1.29, 1.82) is 0 Å². The maximum atomic E-state index is 13.3. The lowest BCUT2D eigenvalue weighted by Gasteiger charge is -2.20. The largest absolute Gasteiger partial charge is 0.497 e. The quantitative estimate of drug-likeness (QED) is 0.355. The third-order valence-electron chi connectivity index (χ3n) is 5.54. The van der Waals surface area contributed by atoms with Crippen molar-refractivity contribution in [1.82, 2.24) is 20.4 Å². The van der Waals surface area contributed by atoms with Crippen LogP contribution >= 0.6 is 0 Å². The normalized spacial score (nSPS) is 11.6. The summed E-state index contributed by atoms with van der Waals surface area (Å²) in [6, 6.07) is 18.9. The van der Waals surface area contributed by atoms with Gasteiger partial charge in [-0.1, -0.05) is 12.1 Å². The summed E-state index contributed by atoms with van der Waals surface area (Å²) in [5.41, 5.74) is 2.57. The molecular weight excluding hydrogens is 463 g/mol. The summed E-state index contributed by atoms with van der Waals surface area (Å²) in [5.74, 6) is 0.449. The number of carbonyl (C=O) groups excluding carboxylic acids is 2. The second-order valence-electron chi connectivity index (χ2n) is 8.29. The van der Waals surface area contributed by atoms with E-state index in [1.54, 1.807) is 30.1 Å². The van der Waals surface area contributed by atoms with E-state index in [9.17, 15) is 14.0 Å². The number of carbonyl (C=O) groups is 2. The number of hydrogen-bond donors (Lipinski definition) is 2. The zero-order valence-electron chi connectivity index (χ0n) is 20.0. The Morgan fingerprint density at radius 3 is 2.61 bits per heavy atom. The fourth-order valence-electron chi connectivity index (χ4n) is 3.80. The van der Waals surface area contributed by atoms with Crippen molar-refractivity contribution < 1.29 is 23.5 Å². The molecule has 0 spiro atoms. The predicted molar refractivity (Wildman–Crippen MR) is 134 cm³/mol. The van der Waals surface area contributed by atoms with Gasteiger partial charge in [-0.2, -0.15) is 5.10 Å². The van der Waals surface area contributed by atoms with Gasteiger partial charge in [0.05, 0.1) is 37.1 Å². The van der Waals surface area contributed by atoms with Gasteiger partial charge in [0.15, 0.2) is 0 Å². The Bertz CT molecular complexity index is 1350. The molecule has 0 saturated heterocycles. The first-order valence-corrected chi connectivity index (χ1v) is 11.4. The molecule has 0 radical (unpaired) electrons. The third-order valence-corrected chi connectivity index (χ3v) is 5.54. The zero-order chi connectivity index (χ0) is 25.5. The van der Waals surface area contributed by atoms with Gasteiger partial charge in [-0.3, -0.25) is 9.59 Å². The van der Waals surface area contributed by atoms with Crippen molar-refractivity contribution in [2.24, 2.45) is 0 Å². The molecule has 2 amide bonds. The number of halogens is 1. The molecule has 0 fully saturated rings. The number of benzene rings is 3. The first-order chi connectivity index (χ1) is 17.4. The van der Waals surface area contributed by atoms with Crippen LogP contribution in [-0.2, 0) is 16.0 Å². The Morgan fingerprint density at radius 1 is 1.06 bits per heavy atom. The van der Waals surface area contributed by atoms with Gasteiger partial charge in [0.1, 0.15) is 23.9 Å². The summed E-state index contributed by atoms with van der Waals surface area (Å²) >= 11 is 0. The van der Waals surface area contributed by atoms with E-state index in [1.165, 1.54) is 19.1 Å². The Morgan fingerprint density at radius 2 is 1.86 bits per heavy atom. The molecule has 0 unspecified atom stereocenters. The molecule has 0 aliphatic heterocycles. The summed E-state index contributed by atoms with van der Waals surface area (Å²) < 4.78 is 26.4. The van der Waals surface area contributed by atoms with Crippen molar-refractivity contribution >= 4 is 22.7 Å². The van der Waals surface area contributed by atoms with Crippen LogP contribution in [0.15, 0.2) is 72.9 Å². The average molecular weight is 491 g/mol. The maximum absolute atomic E-state index is 13.3. The fraction of sp³-hybridized carbons (Fsp3) is 0.222. The molecule has 2 N–H and O–H groups in total. The minimum Gasteiger partial charge on any atom is -0.497 e. The molecule has 1 aromatic heterocycles. The molecular formula is C27H27FN4O4. The van der Waals surface area contributed by atoms with Gasteiger partial charge in [0.25, 0.3) is 0 Å². The first-order valence-electron chi connectivity index (χ1n) is 11.4. The van der Waals surface area contributed by atoms with Crippen LogP contribution in [0.1, 0.15) is 12.5 Å². The molecule has 8 nitrogen and oxygen atoms in total. The lowest BCUT2D eigenvalue weighted by Crippen LogP contribution is -2.45. The van der Waals surface area contributed by atoms with Crippen molar-refractivity contribution in [2.45, 2.75) is 19.4 Å². The minimum atomic E-state index is -0.351. The van der Waals surface area contributed by atoms with E-state index >= 15 is 0 Å². The average Bonchev–Trinajstić information content (AvgIpc) is 3.30. The smallest absolute Gasteiger partial charge is 0.239 e. The lowest BCUT2D eigenvalue weighted by molar-refractivity contribution is -0.125. The molecule has 0 aliphatic rings. The predicted octanol–water partition coefficient (Wildman–Crippen LogP) is 3.42. The number of hydrogen-bond acceptors (Lipinski definition) is 5. The van der Waals surface area contributed by atoms with Gasteiger partial charge in [-0.05, 0) is 66.6 Å². The van der Waals surface area contributed by atoms with Crippen LogP contribution in [0.5, 0.6) is 11.5 Å². The highest BCUT2D eigenvalue weighted by molar-refractivity contribution is 5.84. The van der Waals surface area contributed by atoms with E-state index in [-0.39, 0.29) is 36.8 Å². The van der Waals surface area contributed by atoms with Crippen LogP contribution in [0.2, 0.25) is 0 Å². The van der Waals surface area contributed by atoms with E-state index in [0.29, 0.717) is 12.2 Å². The first kappa shape index (κ1) is 24.7. The molecule has 1 heterocycles. The summed E-state index contributed by atoms with van der Waals surface area (Å²) in [6.07, 6.45) is 2.22. The zero-order valence-corrected chi connectivity index (χ0v) is 20.0. The Labute approximate surface area is 208 Å². The number of amides is 2. The number of rotatable bonds is 10. The molecule has 36 heavy (non-hydrogen) atoms. The van der Waals surface area contributed by atoms with Gasteiger partial charge in [-0.15, -0.1) is 0 Å². The molecule has 9 heteroatoms. The highest BCUT2D eigenvalue weighted by Crippen LogP contribution is 2.24. The molecule has 1 atom stereocenters. The Balaban J connectivity index is 1.47. The molecule has 0 saturated carbocycles. The number of aromatic nitrogens is 2. The van der Waals surface area contributed by atoms with Crippen molar-refractivity contribution in [2.75, 3.05) is 20.3 Å². The Hall–Kier alpha value is -4.40. The number of nitrogens with zero attached hydrogens (tertiary/aromatic N) is 2. The van der Waals surface area contributed by atoms with Crippen molar-refractivity contribution in [3.63, 3.8) is 0 Å². The summed E-state index contributed by atoms with van der Waals surface area (Å²) in [5, 5.41) is 10.7. The van der Waals surface area contributed by atoms with Crippen LogP contribution in [0.4, 0.5) is 4.39 Å². The monoisotopic (exact) mass is 490 g/mol. The SMILES string of the molecule is COc1cccc(C[C@@H](COc2ccc3c(cnn3-c3ccc(F)cc3)c2)NC(=O)CNC(C)=O)c1. The van der Waals surface area contributed by atoms with Gasteiger partial charge < -0.3 is 20.1 Å². The topological polar surface area (TPSA) is 94.5 Å². The third kappa shape index (κ3) is 6.38. The lowest BCUT2D eigenvalue weighted by atomic mass is 10.1. The fourth-order valence-corrected chi connectivity index (χ4v) is 3.80. The van der Waals surface area contributed by atoms with Crippen LogP contribution in [-0.4, -0.2) is 47.9 Å². The summed E-state index contributed by atoms with van der Waals surface area (Å²) in [6.45, 7) is 1.46. The summed E-state index contributed by atoms with van der Waals surface area (Å²) in [7, 11) is 1.60. The standard InChI is InChI=1S/C27H27FN4O4/c1-18(33)29-16-27(34)31-22(12-19-4-3-5-24(13-19)35-2)17-36-25-10-11-26-20(14-25)15-30-32(26)23-8-6-21(28)7-9-23/h3-11,13-15,22H,12,16-17H2,1-2H3,(H,29,33)(H,31,34)/t22-/m0/s1. The van der Waals surface area contributed by atoms with Gasteiger partial charge in [0.2, 0.25) is 11.8 Å². The molecule has 4 aromatic rings. The highest BCUT2D eigenvalue weighted by atomic mass is 19.1. The second kappa shape index (κ2) is 11.4. The molecule has 0 bridgehead atoms. The molecule has 3 aromatic carbocycles. The molecule has 4 rings (SSSR count). The van der Waals surface area contributed by atoms with Crippen molar-refractivity contribution in [3.05, 3.63) is 84.3 Å². The number of methoxy groups -OCH3 is 1.